The molecule has 0 radical (unpaired) electrons. The lowest BCUT2D eigenvalue weighted by atomic mass is 10.0. The van der Waals surface area contributed by atoms with Crippen molar-refractivity contribution in [3.63, 3.8) is 0 Å². The molecule has 39 heteroatoms. The Bertz CT molecular complexity index is 3080. The van der Waals surface area contributed by atoms with E-state index in [4.69, 9.17) is 32.8 Å². The molecule has 2 aliphatic rings. The van der Waals surface area contributed by atoms with Crippen LogP contribution >= 0.6 is 21.6 Å². The fourth-order valence-corrected chi connectivity index (χ4v) is 11.1. The first-order valence-electron chi connectivity index (χ1n) is 29.2. The summed E-state index contributed by atoms with van der Waals surface area (Å²) >= 11 is 0. The first-order chi connectivity index (χ1) is 44.8. The number of primary amides is 3. The standard InChI is InChI=1S/C54H76N16O16S2.C2HF3O2/c1-29(71)59-24-44(76)60-25-45(77)61-26-46(78)63-38-27-87-88-28-39(54(86)70-19-7-11-40(70)53(85)65-33(10-5-6-18-55)47(79)62-23-43(58)75)69-51(83)37(22-42(57)74)68-48(80)34(16-17-41(56)73)64-49(81)35(20-30-8-3-2-4-9-30)66-50(82)36(67-52(38)84)21-31-12-14-32(72)15-13-31;3-2(4,5)1(6)7/h2-4,8-9,12-15,33-40,72H,5-7,10-11,16-28,55H2,1H3,(H2,56,73)(H2,57,74)(H2,58,75)(H,59,71)(H,60,76)(H,61,77)(H,62,79)(H,63,78)(H,64,81)(H,65,85)(H,66,82)(H,67,84)(H,68,80)(H,69,83);(H,6,7)/t33-,34-,35-,36-,37-,38-,39-,40-;/m0./s1. The molecule has 0 bridgehead atoms. The van der Waals surface area contributed by atoms with Gasteiger partial charge in [0, 0.05) is 44.2 Å². The van der Waals surface area contributed by atoms with Crippen LogP contribution in [0.1, 0.15) is 69.4 Å². The van der Waals surface area contributed by atoms with Gasteiger partial charge in [-0.15, -0.1) is 0 Å². The Hall–Kier alpha value is -9.79. The van der Waals surface area contributed by atoms with E-state index in [2.05, 4.69) is 58.5 Å². The molecule has 0 aromatic heterocycles. The van der Waals surface area contributed by atoms with Crippen LogP contribution in [0.25, 0.3) is 0 Å². The van der Waals surface area contributed by atoms with Gasteiger partial charge >= 0.3 is 12.1 Å². The number of nitrogens with zero attached hydrogens (tertiary/aromatic N) is 1. The summed E-state index contributed by atoms with van der Waals surface area (Å²) in [4.78, 5) is 211. The molecule has 0 spiro atoms. The molecule has 2 aromatic carbocycles. The summed E-state index contributed by atoms with van der Waals surface area (Å²) in [5.41, 5.74) is 22.8. The summed E-state index contributed by atoms with van der Waals surface area (Å²) in [7, 11) is 1.71. The number of unbranched alkanes of at least 4 members (excludes halogenated alkanes) is 1. The van der Waals surface area contributed by atoms with E-state index in [1.54, 1.807) is 30.3 Å². The number of halogens is 3. The average Bonchev–Trinajstić information content (AvgIpc) is 1.78. The molecule has 8 atom stereocenters. The lowest BCUT2D eigenvalue weighted by Gasteiger charge is -2.31. The quantitative estimate of drug-likeness (QED) is 0.0308. The lowest BCUT2D eigenvalue weighted by Crippen LogP contribution is -2.61. The maximum Gasteiger partial charge on any atom is 0.490 e. The first kappa shape index (κ1) is 79.4. The molecule has 2 fully saturated rings. The molecule has 0 unspecified atom stereocenters. The summed E-state index contributed by atoms with van der Waals surface area (Å²) in [6, 6.07) is 1.31. The predicted octanol–water partition coefficient (Wildman–Crippen LogP) is -6.17. The number of hydrogen-bond donors (Lipinski definition) is 17. The molecule has 15 amide bonds. The van der Waals surface area contributed by atoms with Gasteiger partial charge < -0.3 is 96.5 Å². The van der Waals surface area contributed by atoms with Crippen molar-refractivity contribution in [1.29, 1.82) is 0 Å². The molecular formula is C56H77F3N16O18S2. The summed E-state index contributed by atoms with van der Waals surface area (Å²) in [6.07, 6.45) is -6.30. The van der Waals surface area contributed by atoms with Crippen LogP contribution in [-0.2, 0) is 89.6 Å². The van der Waals surface area contributed by atoms with Gasteiger partial charge in [-0.1, -0.05) is 64.1 Å². The van der Waals surface area contributed by atoms with E-state index in [-0.39, 0.29) is 56.7 Å². The molecule has 21 N–H and O–H groups in total. The van der Waals surface area contributed by atoms with Crippen LogP contribution in [0.5, 0.6) is 5.75 Å². The molecule has 2 aliphatic heterocycles. The van der Waals surface area contributed by atoms with Crippen molar-refractivity contribution in [3.05, 3.63) is 65.7 Å². The van der Waals surface area contributed by atoms with E-state index in [0.29, 0.717) is 24.0 Å². The molecular weight excluding hydrogens is 1310 g/mol. The van der Waals surface area contributed by atoms with Crippen LogP contribution in [0.2, 0.25) is 0 Å². The summed E-state index contributed by atoms with van der Waals surface area (Å²) in [5.74, 6) is -17.4. The minimum absolute atomic E-state index is 0.0616. The van der Waals surface area contributed by atoms with E-state index in [9.17, 15) is 90.2 Å². The Kier molecular flexibility index (Phi) is 33.7. The Morgan fingerprint density at radius 2 is 1.17 bits per heavy atom. The lowest BCUT2D eigenvalue weighted by molar-refractivity contribution is -0.192. The van der Waals surface area contributed by atoms with E-state index in [1.165, 1.54) is 31.2 Å². The molecule has 0 aliphatic carbocycles. The number of benzene rings is 2. The highest BCUT2D eigenvalue weighted by Crippen LogP contribution is 2.26. The van der Waals surface area contributed by atoms with Gasteiger partial charge in [-0.05, 0) is 68.3 Å². The number of carboxylic acids is 1. The van der Waals surface area contributed by atoms with Crippen molar-refractivity contribution in [2.24, 2.45) is 22.9 Å². The van der Waals surface area contributed by atoms with Crippen LogP contribution in [-0.4, -0.2) is 215 Å². The number of aromatic hydroxyl groups is 1. The van der Waals surface area contributed by atoms with Crippen LogP contribution < -0.4 is 81.4 Å². The summed E-state index contributed by atoms with van der Waals surface area (Å²) < 4.78 is 31.7. The molecule has 0 saturated carbocycles. The van der Waals surface area contributed by atoms with Gasteiger partial charge in [-0.2, -0.15) is 13.2 Å². The van der Waals surface area contributed by atoms with E-state index in [1.807, 2.05) is 0 Å². The number of carboxylic acid groups (broad SMARTS) is 1. The maximum atomic E-state index is 14.9. The van der Waals surface area contributed by atoms with Gasteiger partial charge in [0.2, 0.25) is 88.6 Å². The third kappa shape index (κ3) is 30.2. The second kappa shape index (κ2) is 40.3. The highest BCUT2D eigenvalue weighted by molar-refractivity contribution is 8.76. The fraction of sp³-hybridized carbons (Fsp3) is 0.500. The highest BCUT2D eigenvalue weighted by Gasteiger charge is 2.41. The number of nitrogens with one attached hydrogen (secondary N) is 11. The van der Waals surface area contributed by atoms with Crippen molar-refractivity contribution in [1.82, 2.24) is 63.4 Å². The number of carbonyl (C=O) groups is 16. The van der Waals surface area contributed by atoms with Crippen LogP contribution in [0.3, 0.4) is 0 Å². The van der Waals surface area contributed by atoms with Crippen LogP contribution in [0, 0.1) is 0 Å². The van der Waals surface area contributed by atoms with Gasteiger partial charge in [-0.25, -0.2) is 4.79 Å². The molecule has 4 rings (SSSR count). The summed E-state index contributed by atoms with van der Waals surface area (Å²) in [6.45, 7) is -0.979. The zero-order valence-electron chi connectivity index (χ0n) is 51.2. The highest BCUT2D eigenvalue weighted by atomic mass is 33.1. The van der Waals surface area contributed by atoms with Crippen LogP contribution in [0.4, 0.5) is 13.2 Å². The van der Waals surface area contributed by atoms with Gasteiger partial charge in [-0.3, -0.25) is 71.9 Å². The fourth-order valence-electron chi connectivity index (χ4n) is 8.82. The minimum Gasteiger partial charge on any atom is -0.508 e. The minimum atomic E-state index is -5.08. The molecule has 2 saturated heterocycles. The maximum absolute atomic E-state index is 14.9. The average molecular weight is 1380 g/mol. The van der Waals surface area contributed by atoms with E-state index in [0.717, 1.165) is 26.5 Å². The van der Waals surface area contributed by atoms with Crippen molar-refractivity contribution in [3.8, 4) is 5.75 Å². The van der Waals surface area contributed by atoms with Gasteiger partial charge in [0.15, 0.2) is 0 Å². The second-order valence-corrected chi connectivity index (χ2v) is 23.8. The Morgan fingerprint density at radius 3 is 1.73 bits per heavy atom. The Balaban J connectivity index is 0.00000317. The second-order valence-electron chi connectivity index (χ2n) is 21.2. The van der Waals surface area contributed by atoms with Gasteiger partial charge in [0.05, 0.1) is 32.6 Å². The number of carbonyl (C=O) groups excluding carboxylic acids is 15. The first-order valence-corrected chi connectivity index (χ1v) is 31.7. The number of phenolic OH excluding ortho intramolecular Hbond substituents is 1. The topological polar surface area (TPSA) is 553 Å². The zero-order chi connectivity index (χ0) is 71.0. The number of alkyl halides is 3. The summed E-state index contributed by atoms with van der Waals surface area (Å²) in [5, 5.41) is 44.1. The van der Waals surface area contributed by atoms with Crippen molar-refractivity contribution in [2.75, 3.05) is 50.8 Å². The molecule has 34 nitrogen and oxygen atoms in total. The number of nitrogens with two attached hydrogens (primary N) is 4. The van der Waals surface area contributed by atoms with Crippen molar-refractivity contribution in [2.45, 2.75) is 126 Å². The van der Waals surface area contributed by atoms with Crippen LogP contribution in [0.15, 0.2) is 54.6 Å². The molecule has 2 heterocycles. The van der Waals surface area contributed by atoms with Gasteiger partial charge in [0.1, 0.15) is 54.1 Å². The number of phenols is 1. The van der Waals surface area contributed by atoms with E-state index >= 15 is 0 Å². The monoisotopic (exact) mass is 1380 g/mol. The number of aliphatic carboxylic acids is 1. The van der Waals surface area contributed by atoms with Crippen molar-refractivity contribution < 1.29 is 100 Å². The molecule has 2 aromatic rings. The molecule has 95 heavy (non-hydrogen) atoms. The Labute approximate surface area is 548 Å². The van der Waals surface area contributed by atoms with E-state index < -0.39 is 200 Å². The number of likely N-dealkylation sites (tertiary alicyclic amines) is 1. The Morgan fingerprint density at radius 1 is 0.642 bits per heavy atom. The van der Waals surface area contributed by atoms with Gasteiger partial charge in [0.25, 0.3) is 0 Å². The number of amides is 15. The number of rotatable bonds is 26. The smallest absolute Gasteiger partial charge is 0.490 e. The SMILES string of the molecule is CC(=O)NCC(=O)NCC(=O)NCC(=O)N[C@H]1CSSC[C@@H](C(=O)N2CCC[C@H]2C(=O)N[C@@H](CCCCN)C(=O)NCC(N)=O)NC(=O)[C@H](CC(N)=O)NC(=O)[C@H](CCC(N)=O)NC(=O)[C@H](Cc2ccccc2)NC(=O)[C@H](Cc2ccc(O)cc2)NC1=O.O=C(O)C(F)(F)F. The third-order valence-electron chi connectivity index (χ3n) is 13.6. The normalized spacial score (nSPS) is 20.1. The molecule has 522 valence electrons. The largest absolute Gasteiger partial charge is 0.508 e. The number of hydrogen-bond acceptors (Lipinski definition) is 20. The van der Waals surface area contributed by atoms with Crippen molar-refractivity contribution >= 4 is 116 Å². The predicted molar refractivity (Wildman–Crippen MR) is 331 cm³/mol. The third-order valence-corrected chi connectivity index (χ3v) is 16.0. The zero-order valence-corrected chi connectivity index (χ0v) is 52.8.